The molecule has 0 heterocycles. The molecule has 1 aliphatic carbocycles. The zero-order valence-electron chi connectivity index (χ0n) is 11.6. The molecular formula is C16H23F2N. The zero-order valence-corrected chi connectivity index (χ0v) is 11.6. The molecular weight excluding hydrogens is 244 g/mol. The van der Waals surface area contributed by atoms with Crippen LogP contribution in [0.1, 0.15) is 44.1 Å². The van der Waals surface area contributed by atoms with Crippen molar-refractivity contribution in [3.8, 4) is 0 Å². The molecule has 0 radical (unpaired) electrons. The van der Waals surface area contributed by atoms with Gasteiger partial charge >= 0.3 is 0 Å². The summed E-state index contributed by atoms with van der Waals surface area (Å²) in [5.74, 6) is -0.317. The summed E-state index contributed by atoms with van der Waals surface area (Å²) in [6.45, 7) is 0. The Hall–Kier alpha value is -0.960. The number of likely N-dealkylation sites (N-methyl/N-ethyl adjacent to an activating group) is 1. The number of hydrogen-bond acceptors (Lipinski definition) is 1. The molecule has 0 spiro atoms. The van der Waals surface area contributed by atoms with Crippen molar-refractivity contribution in [2.24, 2.45) is 5.92 Å². The zero-order chi connectivity index (χ0) is 13.7. The fourth-order valence-corrected chi connectivity index (χ4v) is 3.14. The van der Waals surface area contributed by atoms with Crippen molar-refractivity contribution in [1.82, 2.24) is 5.32 Å². The Morgan fingerprint density at radius 3 is 2.42 bits per heavy atom. The number of benzene rings is 1. The van der Waals surface area contributed by atoms with Gasteiger partial charge in [-0.2, -0.15) is 0 Å². The maximum Gasteiger partial charge on any atom is 0.129 e. The molecule has 0 saturated heterocycles. The highest BCUT2D eigenvalue weighted by molar-refractivity contribution is 5.19. The van der Waals surface area contributed by atoms with Gasteiger partial charge in [0.25, 0.3) is 0 Å². The topological polar surface area (TPSA) is 12.0 Å². The molecule has 19 heavy (non-hydrogen) atoms. The highest BCUT2D eigenvalue weighted by Crippen LogP contribution is 2.27. The molecule has 0 amide bonds. The Balaban J connectivity index is 2.04. The molecule has 1 saturated carbocycles. The van der Waals surface area contributed by atoms with E-state index in [1.165, 1.54) is 44.6 Å². The van der Waals surface area contributed by atoms with E-state index in [9.17, 15) is 8.78 Å². The van der Waals surface area contributed by atoms with Gasteiger partial charge in [-0.1, -0.05) is 31.7 Å². The molecule has 1 N–H and O–H groups in total. The first-order chi connectivity index (χ1) is 9.20. The van der Waals surface area contributed by atoms with Crippen LogP contribution < -0.4 is 5.32 Å². The normalized spacial score (nSPS) is 19.1. The van der Waals surface area contributed by atoms with Gasteiger partial charge in [0.1, 0.15) is 11.6 Å². The van der Waals surface area contributed by atoms with Gasteiger partial charge in [-0.3, -0.25) is 0 Å². The van der Waals surface area contributed by atoms with Crippen molar-refractivity contribution in [1.29, 1.82) is 0 Å². The minimum atomic E-state index is -0.503. The van der Waals surface area contributed by atoms with E-state index < -0.39 is 11.6 Å². The van der Waals surface area contributed by atoms with E-state index >= 15 is 0 Å². The van der Waals surface area contributed by atoms with Gasteiger partial charge in [-0.05, 0) is 43.9 Å². The van der Waals surface area contributed by atoms with Crippen LogP contribution in [-0.2, 0) is 6.42 Å². The molecule has 1 nitrogen and oxygen atoms in total. The van der Waals surface area contributed by atoms with Gasteiger partial charge in [0, 0.05) is 12.1 Å². The molecule has 1 unspecified atom stereocenters. The molecule has 0 aliphatic heterocycles. The number of nitrogens with one attached hydrogen (secondary N) is 1. The van der Waals surface area contributed by atoms with Gasteiger partial charge in [0.05, 0.1) is 0 Å². The molecule has 1 atom stereocenters. The lowest BCUT2D eigenvalue weighted by Crippen LogP contribution is -2.35. The second-order valence-electron chi connectivity index (χ2n) is 5.59. The van der Waals surface area contributed by atoms with Crippen LogP contribution in [0.25, 0.3) is 0 Å². The summed E-state index contributed by atoms with van der Waals surface area (Å²) in [4.78, 5) is 0. The SMILES string of the molecule is CNC(Cc1ccc(F)cc1F)C1CCCCCC1. The van der Waals surface area contributed by atoms with E-state index in [4.69, 9.17) is 0 Å². The molecule has 1 aromatic rings. The summed E-state index contributed by atoms with van der Waals surface area (Å²) < 4.78 is 26.6. The predicted molar refractivity (Wildman–Crippen MR) is 74.1 cm³/mol. The van der Waals surface area contributed by atoms with Gasteiger partial charge in [-0.15, -0.1) is 0 Å². The molecule has 1 aliphatic rings. The van der Waals surface area contributed by atoms with Gasteiger partial charge in [0.15, 0.2) is 0 Å². The van der Waals surface area contributed by atoms with Crippen LogP contribution in [0.3, 0.4) is 0 Å². The lowest BCUT2D eigenvalue weighted by molar-refractivity contribution is 0.330. The second-order valence-corrected chi connectivity index (χ2v) is 5.59. The summed E-state index contributed by atoms with van der Waals surface area (Å²) in [7, 11) is 1.94. The quantitative estimate of drug-likeness (QED) is 0.811. The molecule has 0 aromatic heterocycles. The highest BCUT2D eigenvalue weighted by Gasteiger charge is 2.22. The third-order valence-electron chi connectivity index (χ3n) is 4.29. The Morgan fingerprint density at radius 1 is 1.16 bits per heavy atom. The predicted octanol–water partition coefficient (Wildman–Crippen LogP) is 4.07. The summed E-state index contributed by atoms with van der Waals surface area (Å²) >= 11 is 0. The van der Waals surface area contributed by atoms with E-state index in [1.54, 1.807) is 6.07 Å². The molecule has 0 bridgehead atoms. The summed E-state index contributed by atoms with van der Waals surface area (Å²) in [5.41, 5.74) is 0.616. The second kappa shape index (κ2) is 6.99. The lowest BCUT2D eigenvalue weighted by atomic mass is 9.87. The van der Waals surface area contributed by atoms with Crippen LogP contribution in [0.4, 0.5) is 8.78 Å². The maximum atomic E-state index is 13.7. The van der Waals surface area contributed by atoms with E-state index in [0.29, 0.717) is 17.9 Å². The Morgan fingerprint density at radius 2 is 1.84 bits per heavy atom. The van der Waals surface area contributed by atoms with E-state index in [1.807, 2.05) is 7.05 Å². The summed E-state index contributed by atoms with van der Waals surface area (Å²) in [6, 6.07) is 4.19. The number of halogens is 2. The minimum Gasteiger partial charge on any atom is -0.316 e. The van der Waals surface area contributed by atoms with E-state index in [0.717, 1.165) is 6.07 Å². The van der Waals surface area contributed by atoms with Crippen LogP contribution in [0.5, 0.6) is 0 Å². The van der Waals surface area contributed by atoms with Crippen molar-refractivity contribution in [3.63, 3.8) is 0 Å². The first-order valence-electron chi connectivity index (χ1n) is 7.32. The largest absolute Gasteiger partial charge is 0.316 e. The van der Waals surface area contributed by atoms with Crippen molar-refractivity contribution >= 4 is 0 Å². The Bertz CT molecular complexity index is 398. The van der Waals surface area contributed by atoms with Crippen LogP contribution in [0, 0.1) is 17.6 Å². The third kappa shape index (κ3) is 4.00. The minimum absolute atomic E-state index is 0.290. The summed E-state index contributed by atoms with van der Waals surface area (Å²) in [6.07, 6.45) is 8.26. The fraction of sp³-hybridized carbons (Fsp3) is 0.625. The van der Waals surface area contributed by atoms with Crippen LogP contribution in [0.2, 0.25) is 0 Å². The fourth-order valence-electron chi connectivity index (χ4n) is 3.14. The van der Waals surface area contributed by atoms with Gasteiger partial charge in [-0.25, -0.2) is 8.78 Å². The van der Waals surface area contributed by atoms with Crippen LogP contribution in [-0.4, -0.2) is 13.1 Å². The lowest BCUT2D eigenvalue weighted by Gasteiger charge is -2.26. The standard InChI is InChI=1S/C16H23F2N/c1-19-16(12-6-4-2-3-5-7-12)10-13-8-9-14(17)11-15(13)18/h8-9,11-12,16,19H,2-7,10H2,1H3. The van der Waals surface area contributed by atoms with E-state index in [2.05, 4.69) is 5.32 Å². The number of rotatable bonds is 4. The van der Waals surface area contributed by atoms with Crippen LogP contribution >= 0.6 is 0 Å². The smallest absolute Gasteiger partial charge is 0.129 e. The van der Waals surface area contributed by atoms with Gasteiger partial charge in [0.2, 0.25) is 0 Å². The number of hydrogen-bond donors (Lipinski definition) is 1. The molecule has 2 rings (SSSR count). The molecule has 1 aromatic carbocycles. The molecule has 3 heteroatoms. The highest BCUT2D eigenvalue weighted by atomic mass is 19.1. The first-order valence-corrected chi connectivity index (χ1v) is 7.32. The van der Waals surface area contributed by atoms with Gasteiger partial charge < -0.3 is 5.32 Å². The van der Waals surface area contributed by atoms with Crippen molar-refractivity contribution < 1.29 is 8.78 Å². The average molecular weight is 267 g/mol. The monoisotopic (exact) mass is 267 g/mol. The Kier molecular flexibility index (Phi) is 5.32. The van der Waals surface area contributed by atoms with Crippen molar-refractivity contribution in [2.75, 3.05) is 7.05 Å². The van der Waals surface area contributed by atoms with Crippen LogP contribution in [0.15, 0.2) is 18.2 Å². The third-order valence-corrected chi connectivity index (χ3v) is 4.29. The average Bonchev–Trinajstić information content (AvgIpc) is 2.67. The Labute approximate surface area is 114 Å². The van der Waals surface area contributed by atoms with Crippen molar-refractivity contribution in [3.05, 3.63) is 35.4 Å². The summed E-state index contributed by atoms with van der Waals surface area (Å²) in [5, 5.41) is 3.33. The molecule has 1 fully saturated rings. The first kappa shape index (κ1) is 14.4. The van der Waals surface area contributed by atoms with Crippen molar-refractivity contribution in [2.45, 2.75) is 51.0 Å². The molecule has 106 valence electrons. The maximum absolute atomic E-state index is 13.7. The van der Waals surface area contributed by atoms with E-state index in [-0.39, 0.29) is 6.04 Å².